The molecule has 45 valence electrons. The Morgan fingerprint density at radius 2 is 2.25 bits per heavy atom. The van der Waals surface area contributed by atoms with Crippen LogP contribution in [0.5, 0.6) is 0 Å². The van der Waals surface area contributed by atoms with Gasteiger partial charge in [0.05, 0.1) is 7.11 Å². The summed E-state index contributed by atoms with van der Waals surface area (Å²) in [5.41, 5.74) is 0. The summed E-state index contributed by atoms with van der Waals surface area (Å²) in [7, 11) is 2.55. The lowest BCUT2D eigenvalue weighted by atomic mass is 10.8. The molecule has 0 saturated carbocycles. The number of carbonyl (C=O) groups is 1. The van der Waals surface area contributed by atoms with Gasteiger partial charge in [0.2, 0.25) is 6.21 Å². The first-order valence-electron chi connectivity index (χ1n) is 1.88. The molecule has 0 atom stereocenters. The van der Waals surface area contributed by atoms with Crippen LogP contribution in [0.25, 0.3) is 0 Å². The zero-order valence-electron chi connectivity index (χ0n) is 4.67. The van der Waals surface area contributed by atoms with Gasteiger partial charge in [-0.1, -0.05) is 5.16 Å². The summed E-state index contributed by atoms with van der Waals surface area (Å²) < 4.78 is 4.13. The molecule has 4 heteroatoms. The van der Waals surface area contributed by atoms with Gasteiger partial charge >= 0.3 is 5.97 Å². The van der Waals surface area contributed by atoms with Gasteiger partial charge in [0.1, 0.15) is 7.11 Å². The molecule has 0 aromatic carbocycles. The third kappa shape index (κ3) is 3.14. The van der Waals surface area contributed by atoms with Crippen molar-refractivity contribution in [3.63, 3.8) is 0 Å². The van der Waals surface area contributed by atoms with Gasteiger partial charge in [-0.2, -0.15) is 0 Å². The fraction of sp³-hybridized carbons (Fsp3) is 0.500. The first-order valence-corrected chi connectivity index (χ1v) is 1.88. The quantitative estimate of drug-likeness (QED) is 0.282. The van der Waals surface area contributed by atoms with E-state index in [1.165, 1.54) is 14.2 Å². The molecule has 0 spiro atoms. The third-order valence-corrected chi connectivity index (χ3v) is 0.414. The molecule has 4 nitrogen and oxygen atoms in total. The summed E-state index contributed by atoms with van der Waals surface area (Å²) in [4.78, 5) is 14.2. The summed E-state index contributed by atoms with van der Waals surface area (Å²) in [5.74, 6) is -0.646. The molecule has 0 aliphatic carbocycles. The Bertz CT molecular complexity index is 99.5. The molecule has 0 rings (SSSR count). The Labute approximate surface area is 47.1 Å². The Morgan fingerprint density at radius 3 is 2.62 bits per heavy atom. The molecule has 0 N–H and O–H groups in total. The zero-order valence-corrected chi connectivity index (χ0v) is 4.67. The van der Waals surface area contributed by atoms with E-state index in [4.69, 9.17) is 0 Å². The van der Waals surface area contributed by atoms with Crippen LogP contribution < -0.4 is 0 Å². The van der Waals surface area contributed by atoms with Crippen LogP contribution in [0.2, 0.25) is 0 Å². The topological polar surface area (TPSA) is 47.9 Å². The van der Waals surface area contributed by atoms with Crippen molar-refractivity contribution in [3.8, 4) is 0 Å². The lowest BCUT2D eigenvalue weighted by Gasteiger charge is -1.85. The van der Waals surface area contributed by atoms with Gasteiger partial charge in [-0.3, -0.25) is 0 Å². The van der Waals surface area contributed by atoms with E-state index >= 15 is 0 Å². The first kappa shape index (κ1) is 6.94. The first-order chi connectivity index (χ1) is 3.81. The normalized spacial score (nSPS) is 9.25. The zero-order chi connectivity index (χ0) is 6.41. The van der Waals surface area contributed by atoms with Gasteiger partial charge in [-0.15, -0.1) is 0 Å². The maximum absolute atomic E-state index is 10.1. The second-order valence-electron chi connectivity index (χ2n) is 0.877. The number of hydrogen-bond acceptors (Lipinski definition) is 4. The van der Waals surface area contributed by atoms with Crippen LogP contribution in [-0.4, -0.2) is 26.4 Å². The number of rotatable bonds is 2. The predicted molar refractivity (Wildman–Crippen MR) is 26.5 cm³/mol. The minimum absolute atomic E-state index is 0.646. The summed E-state index contributed by atoms with van der Waals surface area (Å²) in [6, 6.07) is 0. The molecule has 0 aliphatic rings. The molecule has 0 amide bonds. The molecule has 8 heavy (non-hydrogen) atoms. The van der Waals surface area contributed by atoms with Gasteiger partial charge < -0.3 is 9.57 Å². The molecule has 0 aliphatic heterocycles. The lowest BCUT2D eigenvalue weighted by Crippen LogP contribution is -2.00. The average Bonchev–Trinajstić information content (AvgIpc) is 1.83. The van der Waals surface area contributed by atoms with Gasteiger partial charge in [0.25, 0.3) is 0 Å². The van der Waals surface area contributed by atoms with Crippen LogP contribution in [0.4, 0.5) is 0 Å². The standard InChI is InChI=1S/C4H6NO3/c1-7-4(6)3-5-8-2/h1-2H3. The smallest absolute Gasteiger partial charge is 0.362 e. The van der Waals surface area contributed by atoms with Crippen molar-refractivity contribution in [1.82, 2.24) is 0 Å². The summed E-state index contributed by atoms with van der Waals surface area (Å²) in [6.45, 7) is 0. The lowest BCUT2D eigenvalue weighted by molar-refractivity contribution is -0.132. The fourth-order valence-electron chi connectivity index (χ4n) is 0.129. The number of esters is 1. The van der Waals surface area contributed by atoms with Crippen molar-refractivity contribution in [1.29, 1.82) is 0 Å². The van der Waals surface area contributed by atoms with E-state index in [0.717, 1.165) is 0 Å². The highest BCUT2D eigenvalue weighted by Gasteiger charge is 1.90. The monoisotopic (exact) mass is 116 g/mol. The summed E-state index contributed by atoms with van der Waals surface area (Å²) >= 11 is 0. The third-order valence-electron chi connectivity index (χ3n) is 0.414. The number of methoxy groups -OCH3 is 1. The van der Waals surface area contributed by atoms with E-state index in [2.05, 4.69) is 14.7 Å². The Kier molecular flexibility index (Phi) is 3.56. The van der Waals surface area contributed by atoms with E-state index in [1.54, 1.807) is 0 Å². The maximum Gasteiger partial charge on any atom is 0.362 e. The summed E-state index contributed by atoms with van der Waals surface area (Å²) in [6.07, 6.45) is 1.92. The molecule has 0 aromatic rings. The molecule has 1 radical (unpaired) electrons. The second kappa shape index (κ2) is 4.11. The van der Waals surface area contributed by atoms with Crippen molar-refractivity contribution in [2.24, 2.45) is 5.16 Å². The number of hydrogen-bond donors (Lipinski definition) is 0. The van der Waals surface area contributed by atoms with Crippen molar-refractivity contribution < 1.29 is 14.4 Å². The summed E-state index contributed by atoms with van der Waals surface area (Å²) in [5, 5.41) is 3.02. The highest BCUT2D eigenvalue weighted by molar-refractivity contribution is 6.22. The predicted octanol–water partition coefficient (Wildman–Crippen LogP) is -0.331. The highest BCUT2D eigenvalue weighted by Crippen LogP contribution is 1.67. The fourth-order valence-corrected chi connectivity index (χ4v) is 0.129. The van der Waals surface area contributed by atoms with Gasteiger partial charge in [-0.25, -0.2) is 4.79 Å². The van der Waals surface area contributed by atoms with Crippen LogP contribution in [0.1, 0.15) is 0 Å². The molecule has 0 aromatic heterocycles. The van der Waals surface area contributed by atoms with Crippen molar-refractivity contribution in [3.05, 3.63) is 0 Å². The molecular formula is C4H6NO3. The molecule has 0 heterocycles. The highest BCUT2D eigenvalue weighted by atomic mass is 16.6. The van der Waals surface area contributed by atoms with Crippen LogP contribution in [0.15, 0.2) is 5.16 Å². The minimum Gasteiger partial charge on any atom is -0.464 e. The average molecular weight is 116 g/mol. The molecular weight excluding hydrogens is 110 g/mol. The SMILES string of the molecule is CON=[C]C(=O)OC. The van der Waals surface area contributed by atoms with E-state index in [1.807, 2.05) is 6.21 Å². The number of carbonyl (C=O) groups excluding carboxylic acids is 1. The van der Waals surface area contributed by atoms with E-state index < -0.39 is 5.97 Å². The molecule has 0 bridgehead atoms. The minimum atomic E-state index is -0.646. The van der Waals surface area contributed by atoms with Gasteiger partial charge in [0.15, 0.2) is 0 Å². The molecule has 0 fully saturated rings. The van der Waals surface area contributed by atoms with Crippen molar-refractivity contribution in [2.75, 3.05) is 14.2 Å². The van der Waals surface area contributed by atoms with Gasteiger partial charge in [-0.05, 0) is 0 Å². The number of ether oxygens (including phenoxy) is 1. The van der Waals surface area contributed by atoms with E-state index in [-0.39, 0.29) is 0 Å². The van der Waals surface area contributed by atoms with Crippen LogP contribution in [0, 0.1) is 0 Å². The van der Waals surface area contributed by atoms with Crippen molar-refractivity contribution in [2.45, 2.75) is 0 Å². The van der Waals surface area contributed by atoms with E-state index in [9.17, 15) is 4.79 Å². The van der Waals surface area contributed by atoms with Crippen molar-refractivity contribution >= 4 is 12.2 Å². The Morgan fingerprint density at radius 1 is 1.62 bits per heavy atom. The van der Waals surface area contributed by atoms with Gasteiger partial charge in [0, 0.05) is 0 Å². The van der Waals surface area contributed by atoms with E-state index in [0.29, 0.717) is 0 Å². The van der Waals surface area contributed by atoms with Crippen LogP contribution in [0.3, 0.4) is 0 Å². The molecule has 0 saturated heterocycles. The van der Waals surface area contributed by atoms with Crippen LogP contribution >= 0.6 is 0 Å². The molecule has 0 unspecified atom stereocenters. The Balaban J connectivity index is 3.37. The maximum atomic E-state index is 10.1. The van der Waals surface area contributed by atoms with Crippen LogP contribution in [-0.2, 0) is 14.4 Å². The largest absolute Gasteiger partial charge is 0.464 e. The Hall–Kier alpha value is -1.06. The number of nitrogens with zero attached hydrogens (tertiary/aromatic N) is 1. The second-order valence-corrected chi connectivity index (χ2v) is 0.877.